The molecule has 1 atom stereocenters. The van der Waals surface area contributed by atoms with Crippen molar-refractivity contribution in [1.29, 1.82) is 0 Å². The molecule has 3 nitrogen and oxygen atoms in total. The van der Waals surface area contributed by atoms with Crippen molar-refractivity contribution < 1.29 is 13.9 Å². The quantitative estimate of drug-likeness (QED) is 0.897. The lowest BCUT2D eigenvalue weighted by molar-refractivity contribution is 0.0495. The van der Waals surface area contributed by atoms with E-state index in [0.29, 0.717) is 23.8 Å². The van der Waals surface area contributed by atoms with Crippen LogP contribution in [0, 0.1) is 11.7 Å². The predicted octanol–water partition coefficient (Wildman–Crippen LogP) is 2.65. The summed E-state index contributed by atoms with van der Waals surface area (Å²) < 4.78 is 24.7. The zero-order valence-corrected chi connectivity index (χ0v) is 10.7. The van der Waals surface area contributed by atoms with Gasteiger partial charge in [0.25, 0.3) is 0 Å². The Morgan fingerprint density at radius 3 is 2.83 bits per heavy atom. The van der Waals surface area contributed by atoms with Crippen molar-refractivity contribution in [1.82, 2.24) is 0 Å². The Kier molecular flexibility index (Phi) is 4.55. The fourth-order valence-electron chi connectivity index (χ4n) is 2.21. The summed E-state index contributed by atoms with van der Waals surface area (Å²) in [6.45, 7) is 3.95. The second kappa shape index (κ2) is 6.16. The topological polar surface area (TPSA) is 44.5 Å². The van der Waals surface area contributed by atoms with E-state index < -0.39 is 0 Å². The summed E-state index contributed by atoms with van der Waals surface area (Å²) in [5, 5.41) is 0. The van der Waals surface area contributed by atoms with Crippen LogP contribution in [-0.4, -0.2) is 19.8 Å². The normalized spacial score (nSPS) is 18.6. The molecule has 18 heavy (non-hydrogen) atoms. The third-order valence-electron chi connectivity index (χ3n) is 3.28. The average Bonchev–Trinajstić information content (AvgIpc) is 2.37. The van der Waals surface area contributed by atoms with Crippen molar-refractivity contribution in [2.75, 3.05) is 19.8 Å². The van der Waals surface area contributed by atoms with Gasteiger partial charge >= 0.3 is 0 Å². The molecular weight excluding hydrogens is 233 g/mol. The Morgan fingerprint density at radius 1 is 1.44 bits per heavy atom. The summed E-state index contributed by atoms with van der Waals surface area (Å²) >= 11 is 0. The lowest BCUT2D eigenvalue weighted by atomic mass is 10.0. The molecule has 2 N–H and O–H groups in total. The fourth-order valence-corrected chi connectivity index (χ4v) is 2.21. The molecule has 1 fully saturated rings. The van der Waals surface area contributed by atoms with E-state index >= 15 is 0 Å². The van der Waals surface area contributed by atoms with Gasteiger partial charge in [-0.15, -0.1) is 0 Å². The maximum absolute atomic E-state index is 13.7. The first-order valence-corrected chi connectivity index (χ1v) is 6.43. The molecule has 0 bridgehead atoms. The van der Waals surface area contributed by atoms with Gasteiger partial charge in [-0.05, 0) is 37.8 Å². The Bertz CT molecular complexity index is 389. The highest BCUT2D eigenvalue weighted by Crippen LogP contribution is 2.27. The molecule has 1 aromatic carbocycles. The van der Waals surface area contributed by atoms with E-state index in [9.17, 15) is 4.39 Å². The van der Waals surface area contributed by atoms with E-state index in [-0.39, 0.29) is 11.9 Å². The summed E-state index contributed by atoms with van der Waals surface area (Å²) in [7, 11) is 0. The number of hydrogen-bond acceptors (Lipinski definition) is 3. The molecule has 1 aliphatic heterocycles. The van der Waals surface area contributed by atoms with Gasteiger partial charge in [-0.2, -0.15) is 0 Å². The van der Waals surface area contributed by atoms with E-state index in [1.54, 1.807) is 19.1 Å². The standard InChI is InChI=1S/C14H20FNO2/c1-10(16)14-12(15)3-2-4-13(14)18-9-11-5-7-17-8-6-11/h2-4,10-11H,5-9,16H2,1H3/t10-/m1/s1. The molecule has 1 heterocycles. The van der Waals surface area contributed by atoms with Crippen LogP contribution in [0.4, 0.5) is 4.39 Å². The second-order valence-corrected chi connectivity index (χ2v) is 4.81. The molecule has 1 saturated heterocycles. The van der Waals surface area contributed by atoms with Gasteiger partial charge in [0, 0.05) is 24.8 Å². The largest absolute Gasteiger partial charge is 0.493 e. The van der Waals surface area contributed by atoms with Crippen LogP contribution >= 0.6 is 0 Å². The highest BCUT2D eigenvalue weighted by molar-refractivity contribution is 5.36. The third-order valence-corrected chi connectivity index (χ3v) is 3.28. The number of rotatable bonds is 4. The van der Waals surface area contributed by atoms with Gasteiger partial charge in [-0.25, -0.2) is 4.39 Å². The predicted molar refractivity (Wildman–Crippen MR) is 68.0 cm³/mol. The van der Waals surface area contributed by atoms with Gasteiger partial charge < -0.3 is 15.2 Å². The second-order valence-electron chi connectivity index (χ2n) is 4.81. The molecule has 1 aromatic rings. The first-order chi connectivity index (χ1) is 8.68. The van der Waals surface area contributed by atoms with Crippen molar-refractivity contribution in [3.63, 3.8) is 0 Å². The molecule has 0 saturated carbocycles. The lowest BCUT2D eigenvalue weighted by Crippen LogP contribution is -2.22. The summed E-state index contributed by atoms with van der Waals surface area (Å²) in [6.07, 6.45) is 2.01. The highest BCUT2D eigenvalue weighted by atomic mass is 19.1. The smallest absolute Gasteiger partial charge is 0.131 e. The first kappa shape index (κ1) is 13.3. The molecule has 0 aromatic heterocycles. The monoisotopic (exact) mass is 253 g/mol. The minimum absolute atomic E-state index is 0.297. The molecule has 0 unspecified atom stereocenters. The van der Waals surface area contributed by atoms with E-state index in [2.05, 4.69) is 0 Å². The van der Waals surface area contributed by atoms with Crippen LogP contribution in [0.3, 0.4) is 0 Å². The van der Waals surface area contributed by atoms with Gasteiger partial charge in [0.15, 0.2) is 0 Å². The summed E-state index contributed by atoms with van der Waals surface area (Å²) in [4.78, 5) is 0. The minimum atomic E-state index is -0.365. The van der Waals surface area contributed by atoms with Crippen LogP contribution < -0.4 is 10.5 Å². The molecule has 4 heteroatoms. The molecule has 1 aliphatic rings. The van der Waals surface area contributed by atoms with Crippen LogP contribution in [0.1, 0.15) is 31.4 Å². The molecular formula is C14H20FNO2. The van der Waals surface area contributed by atoms with E-state index in [1.165, 1.54) is 6.07 Å². The highest BCUT2D eigenvalue weighted by Gasteiger charge is 2.17. The Morgan fingerprint density at radius 2 is 2.17 bits per heavy atom. The summed E-state index contributed by atoms with van der Waals surface area (Å²) in [5.41, 5.74) is 6.25. The third kappa shape index (κ3) is 3.21. The zero-order chi connectivity index (χ0) is 13.0. The van der Waals surface area contributed by atoms with Crippen LogP contribution in [-0.2, 0) is 4.74 Å². The van der Waals surface area contributed by atoms with E-state index in [1.807, 2.05) is 0 Å². The zero-order valence-electron chi connectivity index (χ0n) is 10.7. The van der Waals surface area contributed by atoms with Crippen LogP contribution in [0.15, 0.2) is 18.2 Å². The van der Waals surface area contributed by atoms with Gasteiger partial charge in [0.2, 0.25) is 0 Å². The average molecular weight is 253 g/mol. The van der Waals surface area contributed by atoms with Crippen LogP contribution in [0.25, 0.3) is 0 Å². The lowest BCUT2D eigenvalue weighted by Gasteiger charge is -2.23. The molecule has 2 rings (SSSR count). The fraction of sp³-hybridized carbons (Fsp3) is 0.571. The first-order valence-electron chi connectivity index (χ1n) is 6.43. The number of benzene rings is 1. The van der Waals surface area contributed by atoms with Gasteiger partial charge in [0.05, 0.1) is 6.61 Å². The van der Waals surface area contributed by atoms with Crippen LogP contribution in [0.5, 0.6) is 5.75 Å². The maximum atomic E-state index is 13.7. The number of nitrogens with two attached hydrogens (primary N) is 1. The van der Waals surface area contributed by atoms with Gasteiger partial charge in [-0.1, -0.05) is 6.07 Å². The van der Waals surface area contributed by atoms with Gasteiger partial charge in [-0.3, -0.25) is 0 Å². The molecule has 0 spiro atoms. The molecule has 100 valence electrons. The molecule has 0 aliphatic carbocycles. The summed E-state index contributed by atoms with van der Waals surface area (Å²) in [6, 6.07) is 4.48. The maximum Gasteiger partial charge on any atom is 0.131 e. The van der Waals surface area contributed by atoms with E-state index in [0.717, 1.165) is 26.1 Å². The van der Waals surface area contributed by atoms with Crippen LogP contribution in [0.2, 0.25) is 0 Å². The summed E-state index contributed by atoms with van der Waals surface area (Å²) in [5.74, 6) is 0.758. The van der Waals surface area contributed by atoms with E-state index in [4.69, 9.17) is 15.2 Å². The minimum Gasteiger partial charge on any atom is -0.493 e. The van der Waals surface area contributed by atoms with Crippen molar-refractivity contribution in [2.45, 2.75) is 25.8 Å². The Hall–Kier alpha value is -1.13. The number of hydrogen-bond donors (Lipinski definition) is 1. The van der Waals surface area contributed by atoms with Crippen molar-refractivity contribution in [2.24, 2.45) is 11.7 Å². The number of ether oxygens (including phenoxy) is 2. The SMILES string of the molecule is C[C@@H](N)c1c(F)cccc1OCC1CCOCC1. The number of halogens is 1. The Labute approximate surface area is 107 Å². The van der Waals surface area contributed by atoms with Gasteiger partial charge in [0.1, 0.15) is 11.6 Å². The van der Waals surface area contributed by atoms with Crippen molar-refractivity contribution >= 4 is 0 Å². The van der Waals surface area contributed by atoms with Crippen molar-refractivity contribution in [3.05, 3.63) is 29.6 Å². The van der Waals surface area contributed by atoms with Crippen molar-refractivity contribution in [3.8, 4) is 5.75 Å². The molecule has 0 amide bonds. The Balaban J connectivity index is 2.02. The molecule has 0 radical (unpaired) electrons.